The van der Waals surface area contributed by atoms with Gasteiger partial charge in [-0.2, -0.15) is 0 Å². The van der Waals surface area contributed by atoms with Gasteiger partial charge in [0.1, 0.15) is 18.1 Å². The molecule has 0 fully saturated rings. The molecule has 1 aliphatic rings. The number of allylic oxidation sites excluding steroid dienone is 1. The van der Waals surface area contributed by atoms with Gasteiger partial charge in [-0.25, -0.2) is 0 Å². The Labute approximate surface area is 204 Å². The molecule has 7 heteroatoms. The highest BCUT2D eigenvalue weighted by atomic mass is 35.5. The topological polar surface area (TPSA) is 73.6 Å². The van der Waals surface area contributed by atoms with E-state index in [1.54, 1.807) is 19.2 Å². The number of benzene rings is 3. The van der Waals surface area contributed by atoms with Crippen LogP contribution < -0.4 is 14.8 Å². The highest BCUT2D eigenvalue weighted by molar-refractivity contribution is 6.31. The smallest absolute Gasteiger partial charge is 0.273 e. The lowest BCUT2D eigenvalue weighted by Gasteiger charge is -2.33. The van der Waals surface area contributed by atoms with E-state index >= 15 is 0 Å². The van der Waals surface area contributed by atoms with Crippen molar-refractivity contribution in [3.05, 3.63) is 86.4 Å². The Morgan fingerprint density at radius 3 is 2.50 bits per heavy atom. The van der Waals surface area contributed by atoms with Crippen LogP contribution >= 0.6 is 11.6 Å². The monoisotopic (exact) mass is 478 g/mol. The predicted molar refractivity (Wildman–Crippen MR) is 137 cm³/mol. The molecule has 0 aromatic heterocycles. The molecule has 1 heterocycles. The van der Waals surface area contributed by atoms with Crippen LogP contribution in [0.3, 0.4) is 0 Å². The lowest BCUT2D eigenvalue weighted by molar-refractivity contribution is -0.385. The number of nitrogens with one attached hydrogen (secondary N) is 1. The summed E-state index contributed by atoms with van der Waals surface area (Å²) in [7, 11) is 1.63. The van der Waals surface area contributed by atoms with Crippen LogP contribution in [0, 0.1) is 17.0 Å². The van der Waals surface area contributed by atoms with Gasteiger partial charge in [0, 0.05) is 33.5 Å². The largest absolute Gasteiger partial charge is 0.496 e. The fourth-order valence-electron chi connectivity index (χ4n) is 4.50. The summed E-state index contributed by atoms with van der Waals surface area (Å²) in [5, 5.41) is 15.5. The van der Waals surface area contributed by atoms with E-state index in [1.807, 2.05) is 25.1 Å². The first-order chi connectivity index (χ1) is 16.1. The molecule has 0 saturated heterocycles. The van der Waals surface area contributed by atoms with E-state index < -0.39 is 4.92 Å². The molecule has 0 saturated carbocycles. The SMILES string of the molecule is COc1ccc(Cl)cc1-c1ccc2c(c1COc1cc([N+](=O)[O-])ccc1C)C(C)=CC(C)(C)N2. The number of halogens is 1. The number of nitro benzene ring substituents is 1. The molecule has 0 unspecified atom stereocenters. The number of anilines is 1. The van der Waals surface area contributed by atoms with Crippen molar-refractivity contribution < 1.29 is 14.4 Å². The molecule has 0 aliphatic carbocycles. The van der Waals surface area contributed by atoms with Gasteiger partial charge in [-0.15, -0.1) is 0 Å². The number of non-ortho nitro benzene ring substituents is 1. The van der Waals surface area contributed by atoms with Crippen molar-refractivity contribution in [1.82, 2.24) is 0 Å². The first-order valence-electron chi connectivity index (χ1n) is 11.0. The van der Waals surface area contributed by atoms with Crippen molar-refractivity contribution in [2.24, 2.45) is 0 Å². The molecule has 0 amide bonds. The number of hydrogen-bond donors (Lipinski definition) is 1. The zero-order chi connectivity index (χ0) is 24.6. The summed E-state index contributed by atoms with van der Waals surface area (Å²) in [6, 6.07) is 14.3. The molecular weight excluding hydrogens is 452 g/mol. The van der Waals surface area contributed by atoms with Gasteiger partial charge >= 0.3 is 0 Å². The highest BCUT2D eigenvalue weighted by Gasteiger charge is 2.27. The zero-order valence-electron chi connectivity index (χ0n) is 19.9. The minimum Gasteiger partial charge on any atom is -0.496 e. The van der Waals surface area contributed by atoms with E-state index in [4.69, 9.17) is 21.1 Å². The van der Waals surface area contributed by atoms with Gasteiger partial charge in [-0.3, -0.25) is 10.1 Å². The number of rotatable bonds is 6. The number of hydrogen-bond acceptors (Lipinski definition) is 5. The maximum atomic E-state index is 11.3. The summed E-state index contributed by atoms with van der Waals surface area (Å²) >= 11 is 6.35. The van der Waals surface area contributed by atoms with Crippen LogP contribution in [-0.2, 0) is 6.61 Å². The fraction of sp³-hybridized carbons (Fsp3) is 0.259. The molecule has 0 bridgehead atoms. The molecule has 0 atom stereocenters. The van der Waals surface area contributed by atoms with Gasteiger partial charge in [-0.05, 0) is 74.7 Å². The summed E-state index contributed by atoms with van der Waals surface area (Å²) in [4.78, 5) is 10.9. The van der Waals surface area contributed by atoms with Crippen molar-refractivity contribution in [2.45, 2.75) is 39.8 Å². The van der Waals surface area contributed by atoms with E-state index in [0.29, 0.717) is 16.5 Å². The predicted octanol–water partition coefficient (Wildman–Crippen LogP) is 7.42. The number of nitrogens with zero attached hydrogens (tertiary/aromatic N) is 1. The van der Waals surface area contributed by atoms with E-state index in [9.17, 15) is 10.1 Å². The van der Waals surface area contributed by atoms with Gasteiger partial charge in [-0.1, -0.05) is 23.7 Å². The maximum Gasteiger partial charge on any atom is 0.273 e. The van der Waals surface area contributed by atoms with Crippen LogP contribution in [0.15, 0.2) is 54.6 Å². The van der Waals surface area contributed by atoms with Crippen LogP contribution in [0.1, 0.15) is 37.5 Å². The van der Waals surface area contributed by atoms with Crippen molar-refractivity contribution in [3.63, 3.8) is 0 Å². The molecule has 4 rings (SSSR count). The zero-order valence-corrected chi connectivity index (χ0v) is 20.6. The number of aryl methyl sites for hydroxylation is 1. The van der Waals surface area contributed by atoms with E-state index in [0.717, 1.165) is 39.1 Å². The number of nitro groups is 1. The van der Waals surface area contributed by atoms with E-state index in [2.05, 4.69) is 38.2 Å². The van der Waals surface area contributed by atoms with E-state index in [1.165, 1.54) is 12.1 Å². The Balaban J connectivity index is 1.87. The van der Waals surface area contributed by atoms with Gasteiger partial charge in [0.2, 0.25) is 0 Å². The summed E-state index contributed by atoms with van der Waals surface area (Å²) in [5.74, 6) is 1.17. The minimum atomic E-state index is -0.419. The first kappa shape index (κ1) is 23.6. The Hall–Kier alpha value is -3.51. The molecule has 3 aromatic rings. The summed E-state index contributed by atoms with van der Waals surface area (Å²) in [6.07, 6.45) is 2.19. The van der Waals surface area contributed by atoms with Crippen LogP contribution in [-0.4, -0.2) is 17.6 Å². The summed E-state index contributed by atoms with van der Waals surface area (Å²) in [5.41, 5.74) is 6.51. The van der Waals surface area contributed by atoms with E-state index in [-0.39, 0.29) is 17.8 Å². The Kier molecular flexibility index (Phi) is 6.28. The van der Waals surface area contributed by atoms with Gasteiger partial charge in [0.05, 0.1) is 23.6 Å². The van der Waals surface area contributed by atoms with Gasteiger partial charge < -0.3 is 14.8 Å². The molecule has 1 aliphatic heterocycles. The lowest BCUT2D eigenvalue weighted by Crippen LogP contribution is -2.32. The van der Waals surface area contributed by atoms with Crippen LogP contribution in [0.25, 0.3) is 16.7 Å². The summed E-state index contributed by atoms with van der Waals surface area (Å²) in [6.45, 7) is 8.41. The third-order valence-corrected chi connectivity index (χ3v) is 6.18. The fourth-order valence-corrected chi connectivity index (χ4v) is 4.67. The molecule has 3 aromatic carbocycles. The second kappa shape index (κ2) is 9.03. The Morgan fingerprint density at radius 1 is 1.03 bits per heavy atom. The molecule has 0 spiro atoms. The molecule has 6 nitrogen and oxygen atoms in total. The second-order valence-corrected chi connectivity index (χ2v) is 9.46. The number of fused-ring (bicyclic) bond motifs is 1. The molecule has 34 heavy (non-hydrogen) atoms. The van der Waals surface area contributed by atoms with Crippen molar-refractivity contribution in [1.29, 1.82) is 0 Å². The minimum absolute atomic E-state index is 0.00748. The molecular formula is C27H27ClN2O4. The van der Waals surface area contributed by atoms with Crippen LogP contribution in [0.2, 0.25) is 5.02 Å². The van der Waals surface area contributed by atoms with Crippen molar-refractivity contribution in [3.8, 4) is 22.6 Å². The van der Waals surface area contributed by atoms with Crippen LogP contribution in [0.5, 0.6) is 11.5 Å². The number of ether oxygens (including phenoxy) is 2. The maximum absolute atomic E-state index is 11.3. The highest BCUT2D eigenvalue weighted by Crippen LogP contribution is 2.43. The third kappa shape index (κ3) is 4.59. The van der Waals surface area contributed by atoms with Crippen molar-refractivity contribution in [2.75, 3.05) is 12.4 Å². The first-order valence-corrected chi connectivity index (χ1v) is 11.3. The lowest BCUT2D eigenvalue weighted by atomic mass is 9.85. The third-order valence-electron chi connectivity index (χ3n) is 5.95. The van der Waals surface area contributed by atoms with Crippen molar-refractivity contribution >= 4 is 28.5 Å². The average Bonchev–Trinajstić information content (AvgIpc) is 2.77. The quantitative estimate of drug-likeness (QED) is 0.294. The number of methoxy groups -OCH3 is 1. The molecule has 0 radical (unpaired) electrons. The van der Waals surface area contributed by atoms with Gasteiger partial charge in [0.15, 0.2) is 0 Å². The second-order valence-electron chi connectivity index (χ2n) is 9.03. The molecule has 176 valence electrons. The van der Waals surface area contributed by atoms with Gasteiger partial charge in [0.25, 0.3) is 5.69 Å². The molecule has 1 N–H and O–H groups in total. The van der Waals surface area contributed by atoms with Crippen LogP contribution in [0.4, 0.5) is 11.4 Å². The summed E-state index contributed by atoms with van der Waals surface area (Å²) < 4.78 is 11.8. The normalized spacial score (nSPS) is 14.0. The average molecular weight is 479 g/mol. The standard InChI is InChI=1S/C27H27ClN2O4/c1-16-6-8-19(30(31)32)13-25(16)34-15-22-20(21-12-18(28)7-11-24(21)33-5)9-10-23-26(22)17(2)14-27(3,4)29-23/h6-14,29H,15H2,1-5H3. The Morgan fingerprint density at radius 2 is 1.79 bits per heavy atom. The Bertz CT molecular complexity index is 1310.